The topological polar surface area (TPSA) is 43.1 Å². The molecule has 0 spiro atoms. The molecule has 0 aliphatic heterocycles. The van der Waals surface area contributed by atoms with Gasteiger partial charge in [0.25, 0.3) is 0 Å². The van der Waals surface area contributed by atoms with E-state index in [4.69, 9.17) is 0 Å². The second-order valence-corrected chi connectivity index (χ2v) is 5.61. The zero-order valence-corrected chi connectivity index (χ0v) is 11.4. The lowest BCUT2D eigenvalue weighted by atomic mass is 9.82. The summed E-state index contributed by atoms with van der Waals surface area (Å²) in [6, 6.07) is 9.68. The lowest BCUT2D eigenvalue weighted by molar-refractivity contribution is -0.427. The minimum Gasteiger partial charge on any atom is -0.259 e. The molecule has 3 heteroatoms. The highest BCUT2D eigenvalue weighted by Gasteiger charge is 2.21. The van der Waals surface area contributed by atoms with Crippen LogP contribution in [-0.2, 0) is 6.42 Å². The first kappa shape index (κ1) is 13.8. The lowest BCUT2D eigenvalue weighted by Crippen LogP contribution is -2.13. The van der Waals surface area contributed by atoms with Crippen molar-refractivity contribution < 1.29 is 4.92 Å². The number of hydrogen-bond acceptors (Lipinski definition) is 2. The molecule has 0 aromatic heterocycles. The Labute approximate surface area is 114 Å². The Morgan fingerprint density at radius 3 is 2.74 bits per heavy atom. The highest BCUT2D eigenvalue weighted by molar-refractivity contribution is 5.19. The SMILES string of the molecule is CC1CCCC(C=C(Cc2ccccc2)[N+](=O)[O-])C1. The molecule has 1 aliphatic carbocycles. The molecule has 1 aromatic rings. The molecule has 1 fully saturated rings. The fourth-order valence-corrected chi connectivity index (χ4v) is 2.89. The average molecular weight is 259 g/mol. The van der Waals surface area contributed by atoms with E-state index in [2.05, 4.69) is 6.92 Å². The zero-order valence-electron chi connectivity index (χ0n) is 11.4. The Balaban J connectivity index is 2.09. The first-order chi connectivity index (χ1) is 9.15. The van der Waals surface area contributed by atoms with Gasteiger partial charge in [-0.25, -0.2) is 0 Å². The molecule has 0 saturated heterocycles. The summed E-state index contributed by atoms with van der Waals surface area (Å²) in [5.74, 6) is 1.08. The Hall–Kier alpha value is -1.64. The summed E-state index contributed by atoms with van der Waals surface area (Å²) in [6.07, 6.45) is 6.97. The van der Waals surface area contributed by atoms with Crippen LogP contribution in [0.4, 0.5) is 0 Å². The van der Waals surface area contributed by atoms with Gasteiger partial charge in [-0.15, -0.1) is 0 Å². The van der Waals surface area contributed by atoms with E-state index in [1.165, 1.54) is 12.8 Å². The number of nitrogens with zero attached hydrogens (tertiary/aromatic N) is 1. The molecule has 1 aliphatic rings. The third-order valence-corrected chi connectivity index (χ3v) is 3.87. The molecule has 2 rings (SSSR count). The molecule has 0 amide bonds. The van der Waals surface area contributed by atoms with Crippen molar-refractivity contribution in [3.05, 3.63) is 57.8 Å². The van der Waals surface area contributed by atoms with E-state index in [-0.39, 0.29) is 4.92 Å². The first-order valence-electron chi connectivity index (χ1n) is 7.04. The maximum Gasteiger partial charge on any atom is 0.246 e. The minimum absolute atomic E-state index is 0.216. The third-order valence-electron chi connectivity index (χ3n) is 3.87. The van der Waals surface area contributed by atoms with Crippen LogP contribution in [0.1, 0.15) is 38.2 Å². The van der Waals surface area contributed by atoms with Gasteiger partial charge < -0.3 is 0 Å². The Morgan fingerprint density at radius 2 is 2.11 bits per heavy atom. The summed E-state index contributed by atoms with van der Waals surface area (Å²) in [5.41, 5.74) is 1.36. The number of benzene rings is 1. The average Bonchev–Trinajstić information content (AvgIpc) is 2.39. The van der Waals surface area contributed by atoms with Crippen LogP contribution in [0.5, 0.6) is 0 Å². The van der Waals surface area contributed by atoms with Crippen LogP contribution in [0.15, 0.2) is 42.1 Å². The largest absolute Gasteiger partial charge is 0.259 e. The van der Waals surface area contributed by atoms with Gasteiger partial charge in [0.1, 0.15) is 0 Å². The van der Waals surface area contributed by atoms with Crippen LogP contribution in [0.3, 0.4) is 0 Å². The van der Waals surface area contributed by atoms with E-state index in [9.17, 15) is 10.1 Å². The monoisotopic (exact) mass is 259 g/mol. The normalized spacial score (nSPS) is 24.2. The molecule has 19 heavy (non-hydrogen) atoms. The van der Waals surface area contributed by atoms with Crippen LogP contribution in [-0.4, -0.2) is 4.92 Å². The van der Waals surface area contributed by atoms with Crippen molar-refractivity contribution in [2.24, 2.45) is 11.8 Å². The molecule has 2 unspecified atom stereocenters. The lowest BCUT2D eigenvalue weighted by Gasteiger charge is -2.23. The van der Waals surface area contributed by atoms with E-state index >= 15 is 0 Å². The van der Waals surface area contributed by atoms with Crippen LogP contribution >= 0.6 is 0 Å². The summed E-state index contributed by atoms with van der Waals surface area (Å²) in [5, 5.41) is 11.2. The molecular formula is C16H21NO2. The van der Waals surface area contributed by atoms with Crippen LogP contribution in [0.2, 0.25) is 0 Å². The predicted molar refractivity (Wildman–Crippen MR) is 76.3 cm³/mol. The van der Waals surface area contributed by atoms with Gasteiger partial charge in [-0.3, -0.25) is 10.1 Å². The molecule has 0 heterocycles. The fraction of sp³-hybridized carbons (Fsp3) is 0.500. The van der Waals surface area contributed by atoms with E-state index in [0.717, 1.165) is 18.4 Å². The van der Waals surface area contributed by atoms with Gasteiger partial charge in [-0.2, -0.15) is 0 Å². The first-order valence-corrected chi connectivity index (χ1v) is 7.04. The Bertz CT molecular complexity index is 453. The van der Waals surface area contributed by atoms with Gasteiger partial charge in [0, 0.05) is 0 Å². The molecule has 1 saturated carbocycles. The number of rotatable bonds is 4. The van der Waals surface area contributed by atoms with Gasteiger partial charge in [-0.05, 0) is 36.3 Å². The summed E-state index contributed by atoms with van der Waals surface area (Å²) >= 11 is 0. The van der Waals surface area contributed by atoms with Gasteiger partial charge in [0.05, 0.1) is 11.3 Å². The minimum atomic E-state index is -0.216. The zero-order chi connectivity index (χ0) is 13.7. The predicted octanol–water partition coefficient (Wildman–Crippen LogP) is 4.22. The Morgan fingerprint density at radius 1 is 1.37 bits per heavy atom. The van der Waals surface area contributed by atoms with E-state index in [1.54, 1.807) is 0 Å². The second kappa shape index (κ2) is 6.50. The van der Waals surface area contributed by atoms with Crippen molar-refractivity contribution >= 4 is 0 Å². The maximum atomic E-state index is 11.2. The van der Waals surface area contributed by atoms with Crippen molar-refractivity contribution in [1.82, 2.24) is 0 Å². The third kappa shape index (κ3) is 4.19. The van der Waals surface area contributed by atoms with Gasteiger partial charge in [0.15, 0.2) is 0 Å². The summed E-state index contributed by atoms with van der Waals surface area (Å²) < 4.78 is 0. The van der Waals surface area contributed by atoms with Crippen molar-refractivity contribution in [3.63, 3.8) is 0 Å². The molecular weight excluding hydrogens is 238 g/mol. The van der Waals surface area contributed by atoms with Gasteiger partial charge >= 0.3 is 0 Å². The van der Waals surface area contributed by atoms with Gasteiger partial charge in [0.2, 0.25) is 5.70 Å². The fourth-order valence-electron chi connectivity index (χ4n) is 2.89. The molecule has 0 radical (unpaired) electrons. The smallest absolute Gasteiger partial charge is 0.246 e. The number of hydrogen-bond donors (Lipinski definition) is 0. The quantitative estimate of drug-likeness (QED) is 0.600. The summed E-state index contributed by atoms with van der Waals surface area (Å²) in [6.45, 7) is 2.24. The van der Waals surface area contributed by atoms with E-state index < -0.39 is 0 Å². The molecule has 0 bridgehead atoms. The summed E-state index contributed by atoms with van der Waals surface area (Å²) in [7, 11) is 0. The van der Waals surface area contributed by atoms with Crippen LogP contribution in [0, 0.1) is 22.0 Å². The number of allylic oxidation sites excluding steroid dienone is 2. The molecule has 2 atom stereocenters. The van der Waals surface area contributed by atoms with Crippen LogP contribution in [0.25, 0.3) is 0 Å². The maximum absolute atomic E-state index is 11.2. The van der Waals surface area contributed by atoms with E-state index in [1.807, 2.05) is 36.4 Å². The number of nitro groups is 1. The molecule has 102 valence electrons. The molecule has 3 nitrogen and oxygen atoms in total. The highest BCUT2D eigenvalue weighted by Crippen LogP contribution is 2.30. The van der Waals surface area contributed by atoms with Gasteiger partial charge in [-0.1, -0.05) is 50.1 Å². The van der Waals surface area contributed by atoms with Crippen molar-refractivity contribution in [2.45, 2.75) is 39.0 Å². The second-order valence-electron chi connectivity index (χ2n) is 5.61. The summed E-state index contributed by atoms with van der Waals surface area (Å²) in [4.78, 5) is 11.0. The van der Waals surface area contributed by atoms with E-state index in [0.29, 0.717) is 24.0 Å². The van der Waals surface area contributed by atoms with Crippen molar-refractivity contribution in [1.29, 1.82) is 0 Å². The standard InChI is InChI=1S/C16H21NO2/c1-13-6-5-9-15(10-13)12-16(17(18)19)11-14-7-3-2-4-8-14/h2-4,7-8,12-13,15H,5-6,9-11H2,1H3. The van der Waals surface area contributed by atoms with Crippen molar-refractivity contribution in [2.75, 3.05) is 0 Å². The van der Waals surface area contributed by atoms with Crippen molar-refractivity contribution in [3.8, 4) is 0 Å². The Kier molecular flexibility index (Phi) is 4.72. The molecule has 1 aromatic carbocycles. The molecule has 0 N–H and O–H groups in total. The highest BCUT2D eigenvalue weighted by atomic mass is 16.6. The van der Waals surface area contributed by atoms with Crippen LogP contribution < -0.4 is 0 Å².